The van der Waals surface area contributed by atoms with Crippen molar-refractivity contribution >= 4 is 13.2 Å². The largest absolute Gasteiger partial charge is 0.118 e. The fraction of sp³-hybridized carbons (Fsp3) is 0.562. The van der Waals surface area contributed by atoms with E-state index in [9.17, 15) is 0 Å². The van der Waals surface area contributed by atoms with Crippen molar-refractivity contribution in [2.24, 2.45) is 11.3 Å². The minimum atomic E-state index is -0.926. The molecule has 1 atom stereocenters. The SMILES string of the molecule is C=P(C)(C)CC1Cc2ccccc2CC1(C)C. The van der Waals surface area contributed by atoms with Crippen LogP contribution in [0.4, 0.5) is 0 Å². The molecular weight excluding hydrogens is 223 g/mol. The monoisotopic (exact) mass is 248 g/mol. The molecule has 0 saturated heterocycles. The maximum Gasteiger partial charge on any atom is -0.0222 e. The van der Waals surface area contributed by atoms with Crippen molar-refractivity contribution in [3.05, 3.63) is 35.4 Å². The van der Waals surface area contributed by atoms with Crippen molar-refractivity contribution in [2.75, 3.05) is 19.5 Å². The third kappa shape index (κ3) is 3.05. The summed E-state index contributed by atoms with van der Waals surface area (Å²) in [5.41, 5.74) is 3.57. The molecular formula is C16H25P. The van der Waals surface area contributed by atoms with Gasteiger partial charge >= 0.3 is 0 Å². The highest BCUT2D eigenvalue weighted by Crippen LogP contribution is 2.47. The van der Waals surface area contributed by atoms with E-state index in [4.69, 9.17) is 0 Å². The van der Waals surface area contributed by atoms with E-state index in [0.29, 0.717) is 5.41 Å². The van der Waals surface area contributed by atoms with E-state index in [1.807, 2.05) is 0 Å². The second kappa shape index (κ2) is 4.32. The summed E-state index contributed by atoms with van der Waals surface area (Å²) in [6.07, 6.45) is 8.21. The van der Waals surface area contributed by atoms with Crippen molar-refractivity contribution in [1.82, 2.24) is 0 Å². The van der Waals surface area contributed by atoms with Crippen molar-refractivity contribution in [3.63, 3.8) is 0 Å². The molecule has 0 aliphatic heterocycles. The average Bonchev–Trinajstić information content (AvgIpc) is 2.16. The maximum atomic E-state index is 4.40. The molecule has 0 saturated carbocycles. The predicted octanol–water partition coefficient (Wildman–Crippen LogP) is 4.14. The molecule has 0 heterocycles. The number of rotatable bonds is 2. The van der Waals surface area contributed by atoms with E-state index >= 15 is 0 Å². The summed E-state index contributed by atoms with van der Waals surface area (Å²) in [7, 11) is 0. The third-order valence-corrected chi connectivity index (χ3v) is 5.48. The van der Waals surface area contributed by atoms with Crippen LogP contribution in [0.2, 0.25) is 0 Å². The molecule has 1 aromatic rings. The van der Waals surface area contributed by atoms with Crippen LogP contribution in [0, 0.1) is 11.3 Å². The van der Waals surface area contributed by atoms with Crippen LogP contribution in [0.1, 0.15) is 25.0 Å². The molecule has 0 radical (unpaired) electrons. The van der Waals surface area contributed by atoms with Gasteiger partial charge < -0.3 is 0 Å². The standard InChI is InChI=1S/C16H25P/c1-16(2)11-14-9-7-6-8-13(14)10-15(16)12-17(3,4)5/h6-9,15H,3,10-12H2,1-2,4-5H3. The van der Waals surface area contributed by atoms with E-state index in [2.05, 4.69) is 57.7 Å². The van der Waals surface area contributed by atoms with Gasteiger partial charge in [-0.15, -0.1) is 13.2 Å². The lowest BCUT2D eigenvalue weighted by Gasteiger charge is -2.41. The van der Waals surface area contributed by atoms with Crippen molar-refractivity contribution < 1.29 is 0 Å². The lowest BCUT2D eigenvalue weighted by atomic mass is 9.67. The second-order valence-electron chi connectivity index (χ2n) is 6.95. The molecule has 0 amide bonds. The van der Waals surface area contributed by atoms with Crippen LogP contribution < -0.4 is 0 Å². The first-order valence-electron chi connectivity index (χ1n) is 6.52. The fourth-order valence-electron chi connectivity index (χ4n) is 3.01. The molecule has 2 rings (SSSR count). The van der Waals surface area contributed by atoms with Gasteiger partial charge in [0.15, 0.2) is 0 Å². The summed E-state index contributed by atoms with van der Waals surface area (Å²) in [4.78, 5) is 0. The molecule has 1 unspecified atom stereocenters. The highest BCUT2D eigenvalue weighted by molar-refractivity contribution is 7.72. The zero-order chi connectivity index (χ0) is 12.7. The van der Waals surface area contributed by atoms with Gasteiger partial charge in [-0.25, -0.2) is 0 Å². The average molecular weight is 248 g/mol. The normalized spacial score (nSPS) is 23.2. The van der Waals surface area contributed by atoms with Crippen LogP contribution in [0.3, 0.4) is 0 Å². The molecule has 17 heavy (non-hydrogen) atoms. The van der Waals surface area contributed by atoms with Gasteiger partial charge in [-0.1, -0.05) is 38.1 Å². The number of hydrogen-bond acceptors (Lipinski definition) is 0. The Morgan fingerprint density at radius 1 is 1.24 bits per heavy atom. The van der Waals surface area contributed by atoms with Crippen LogP contribution in [-0.2, 0) is 12.8 Å². The van der Waals surface area contributed by atoms with Crippen LogP contribution in [0.25, 0.3) is 0 Å². The van der Waals surface area contributed by atoms with Gasteiger partial charge in [-0.3, -0.25) is 0 Å². The maximum absolute atomic E-state index is 4.40. The molecule has 0 N–H and O–H groups in total. The summed E-state index contributed by atoms with van der Waals surface area (Å²) in [5.74, 6) is 0.804. The molecule has 0 nitrogen and oxygen atoms in total. The van der Waals surface area contributed by atoms with Gasteiger partial charge in [0, 0.05) is 0 Å². The molecule has 0 spiro atoms. The quantitative estimate of drug-likeness (QED) is 0.690. The highest BCUT2D eigenvalue weighted by atomic mass is 31.2. The fourth-order valence-corrected chi connectivity index (χ4v) is 4.83. The van der Waals surface area contributed by atoms with Gasteiger partial charge in [-0.2, -0.15) is 0 Å². The first-order chi connectivity index (χ1) is 7.78. The molecule has 0 fully saturated rings. The third-order valence-electron chi connectivity index (χ3n) is 4.05. The van der Waals surface area contributed by atoms with Gasteiger partial charge in [0.25, 0.3) is 0 Å². The predicted molar refractivity (Wildman–Crippen MR) is 81.9 cm³/mol. The Morgan fingerprint density at radius 2 is 1.82 bits per heavy atom. The second-order valence-corrected chi connectivity index (χ2v) is 11.2. The lowest BCUT2D eigenvalue weighted by molar-refractivity contribution is 0.215. The Balaban J connectivity index is 2.28. The van der Waals surface area contributed by atoms with E-state index in [1.165, 1.54) is 19.0 Å². The zero-order valence-corrected chi connectivity index (χ0v) is 12.6. The summed E-state index contributed by atoms with van der Waals surface area (Å²) in [5, 5.41) is 0. The van der Waals surface area contributed by atoms with Crippen LogP contribution in [0.15, 0.2) is 24.3 Å². The Morgan fingerprint density at radius 3 is 2.41 bits per heavy atom. The van der Waals surface area contributed by atoms with E-state index in [0.717, 1.165) is 5.92 Å². The molecule has 1 heteroatoms. The minimum absolute atomic E-state index is 0.434. The van der Waals surface area contributed by atoms with Crippen molar-refractivity contribution in [2.45, 2.75) is 26.7 Å². The van der Waals surface area contributed by atoms with E-state index in [-0.39, 0.29) is 0 Å². The highest BCUT2D eigenvalue weighted by Gasteiger charge is 2.35. The lowest BCUT2D eigenvalue weighted by Crippen LogP contribution is -2.35. The topological polar surface area (TPSA) is 0 Å². The van der Waals surface area contributed by atoms with Crippen LogP contribution in [0.5, 0.6) is 0 Å². The van der Waals surface area contributed by atoms with Crippen LogP contribution >= 0.6 is 6.89 Å². The summed E-state index contributed by atoms with van der Waals surface area (Å²) in [6.45, 7) is 8.67. The minimum Gasteiger partial charge on any atom is -0.118 e. The van der Waals surface area contributed by atoms with Crippen molar-refractivity contribution in [1.29, 1.82) is 0 Å². The first-order valence-corrected chi connectivity index (χ1v) is 9.57. The zero-order valence-electron chi connectivity index (χ0n) is 11.7. The molecule has 1 aliphatic carbocycles. The number of fused-ring (bicyclic) bond motifs is 1. The van der Waals surface area contributed by atoms with Gasteiger partial charge in [-0.05, 0) is 54.8 Å². The molecule has 0 bridgehead atoms. The summed E-state index contributed by atoms with van der Waals surface area (Å²) in [6, 6.07) is 8.97. The Hall–Kier alpha value is -0.480. The summed E-state index contributed by atoms with van der Waals surface area (Å²) < 4.78 is 0. The first kappa shape index (κ1) is 13.0. The summed E-state index contributed by atoms with van der Waals surface area (Å²) >= 11 is 0. The van der Waals surface area contributed by atoms with E-state index in [1.54, 1.807) is 11.1 Å². The van der Waals surface area contributed by atoms with Gasteiger partial charge in [0.1, 0.15) is 0 Å². The number of hydrogen-bond donors (Lipinski definition) is 0. The van der Waals surface area contributed by atoms with Crippen molar-refractivity contribution in [3.8, 4) is 0 Å². The Bertz CT molecular complexity index is 450. The number of benzene rings is 1. The molecule has 0 aromatic heterocycles. The molecule has 1 aliphatic rings. The van der Waals surface area contributed by atoms with Gasteiger partial charge in [0.2, 0.25) is 0 Å². The molecule has 94 valence electrons. The van der Waals surface area contributed by atoms with E-state index < -0.39 is 6.89 Å². The molecule has 1 aromatic carbocycles. The Kier molecular flexibility index (Phi) is 3.29. The van der Waals surface area contributed by atoms with Gasteiger partial charge in [0.05, 0.1) is 0 Å². The smallest absolute Gasteiger partial charge is 0.0222 e. The Labute approximate surface area is 106 Å². The van der Waals surface area contributed by atoms with Crippen LogP contribution in [-0.4, -0.2) is 25.8 Å².